The van der Waals surface area contributed by atoms with Gasteiger partial charge < -0.3 is 14.8 Å². The van der Waals surface area contributed by atoms with Crippen LogP contribution in [0.3, 0.4) is 0 Å². The molecular weight excluding hydrogens is 378 g/mol. The molecule has 0 saturated heterocycles. The number of aromatic nitrogens is 3. The normalized spacial score (nSPS) is 18.0. The number of hydrogen-bond donors (Lipinski definition) is 2. The number of halogens is 2. The zero-order valence-electron chi connectivity index (χ0n) is 14.3. The van der Waals surface area contributed by atoms with E-state index >= 15 is 0 Å². The number of nitrogens with zero attached hydrogens (tertiary/aromatic N) is 2. The maximum atomic E-state index is 13.0. The number of anilines is 1. The van der Waals surface area contributed by atoms with E-state index in [-0.39, 0.29) is 23.2 Å². The molecule has 2 aromatic rings. The van der Waals surface area contributed by atoms with E-state index in [1.165, 1.54) is 55.6 Å². The highest BCUT2D eigenvalue weighted by molar-refractivity contribution is 7.99. The van der Waals surface area contributed by atoms with Gasteiger partial charge in [-0.25, -0.2) is 4.98 Å². The Morgan fingerprint density at radius 1 is 1.30 bits per heavy atom. The number of carbonyl (C=O) groups is 1. The highest BCUT2D eigenvalue weighted by Gasteiger charge is 2.43. The largest absolute Gasteiger partial charge is 0.586 e. The molecule has 1 amide bonds. The van der Waals surface area contributed by atoms with Gasteiger partial charge in [-0.05, 0) is 18.1 Å². The Hall–Kier alpha value is -2.36. The third-order valence-electron chi connectivity index (χ3n) is 4.49. The molecule has 0 bridgehead atoms. The van der Waals surface area contributed by atoms with Crippen LogP contribution >= 0.6 is 11.8 Å². The van der Waals surface area contributed by atoms with Crippen molar-refractivity contribution in [2.75, 3.05) is 11.1 Å². The van der Waals surface area contributed by atoms with Crippen molar-refractivity contribution in [3.63, 3.8) is 0 Å². The highest BCUT2D eigenvalue weighted by Crippen LogP contribution is 2.42. The molecule has 1 saturated carbocycles. The number of carbonyl (C=O) groups excluding carboxylic acids is 1. The third-order valence-corrected chi connectivity index (χ3v) is 5.33. The van der Waals surface area contributed by atoms with E-state index in [0.29, 0.717) is 16.8 Å². The van der Waals surface area contributed by atoms with Crippen molar-refractivity contribution in [2.45, 2.75) is 43.6 Å². The number of aromatic amines is 1. The smallest absolute Gasteiger partial charge is 0.395 e. The number of hydrogen-bond acceptors (Lipinski definition) is 6. The van der Waals surface area contributed by atoms with Crippen LogP contribution in [0.1, 0.15) is 31.5 Å². The first-order valence-corrected chi connectivity index (χ1v) is 9.69. The number of rotatable bonds is 6. The number of nitrogens with one attached hydrogen (secondary N) is 2. The molecule has 1 aliphatic carbocycles. The Bertz CT molecular complexity index is 839. The quantitative estimate of drug-likeness (QED) is 0.726. The molecule has 144 valence electrons. The summed E-state index contributed by atoms with van der Waals surface area (Å²) in [5.74, 6) is 1.14. The van der Waals surface area contributed by atoms with E-state index in [1.807, 2.05) is 0 Å². The summed E-state index contributed by atoms with van der Waals surface area (Å²) in [6, 6.07) is 4.09. The minimum Gasteiger partial charge on any atom is -0.395 e. The first-order chi connectivity index (χ1) is 13.0. The molecule has 1 aliphatic heterocycles. The lowest BCUT2D eigenvalue weighted by Gasteiger charge is -2.05. The van der Waals surface area contributed by atoms with Crippen molar-refractivity contribution in [3.05, 3.63) is 24.0 Å². The summed E-state index contributed by atoms with van der Waals surface area (Å²) in [7, 11) is 0. The van der Waals surface area contributed by atoms with E-state index in [4.69, 9.17) is 0 Å². The van der Waals surface area contributed by atoms with Gasteiger partial charge in [-0.2, -0.15) is 0 Å². The minimum atomic E-state index is -3.68. The summed E-state index contributed by atoms with van der Waals surface area (Å²) in [5, 5.41) is 10.2. The summed E-state index contributed by atoms with van der Waals surface area (Å²) in [4.78, 5) is 16.5. The SMILES string of the molecule is O=C(CSc1n[nH]c(CC2CCCC2)n1)Nc1ccc2c(c1)OC(F)(F)O2. The summed E-state index contributed by atoms with van der Waals surface area (Å²) in [6.07, 6.45) is 2.22. The van der Waals surface area contributed by atoms with Gasteiger partial charge in [-0.3, -0.25) is 9.89 Å². The van der Waals surface area contributed by atoms with Crippen LogP contribution in [0.15, 0.2) is 23.4 Å². The molecule has 1 aromatic heterocycles. The topological polar surface area (TPSA) is 89.1 Å². The molecule has 1 fully saturated rings. The van der Waals surface area contributed by atoms with Crippen LogP contribution < -0.4 is 14.8 Å². The lowest BCUT2D eigenvalue weighted by Crippen LogP contribution is -2.25. The maximum absolute atomic E-state index is 13.0. The molecule has 2 heterocycles. The molecule has 2 aliphatic rings. The van der Waals surface area contributed by atoms with E-state index in [0.717, 1.165) is 12.2 Å². The molecule has 0 radical (unpaired) electrons. The Morgan fingerprint density at radius 2 is 2.07 bits per heavy atom. The fourth-order valence-corrected chi connectivity index (χ4v) is 3.89. The zero-order valence-corrected chi connectivity index (χ0v) is 15.2. The van der Waals surface area contributed by atoms with E-state index < -0.39 is 6.29 Å². The van der Waals surface area contributed by atoms with Crippen LogP contribution in [0, 0.1) is 5.92 Å². The molecule has 0 unspecified atom stereocenters. The molecular formula is C17H18F2N4O3S. The molecule has 4 rings (SSSR count). The summed E-state index contributed by atoms with van der Waals surface area (Å²) in [6.45, 7) is 0. The predicted molar refractivity (Wildman–Crippen MR) is 94.0 cm³/mol. The standard InChI is InChI=1S/C17H18F2N4O3S/c18-17(19)25-12-6-5-11(8-13(12)26-17)20-15(24)9-27-16-21-14(22-23-16)7-10-3-1-2-4-10/h5-6,8,10H,1-4,7,9H2,(H,20,24)(H,21,22,23). The first kappa shape index (κ1) is 18.0. The zero-order chi connectivity index (χ0) is 18.9. The second-order valence-electron chi connectivity index (χ2n) is 6.59. The average molecular weight is 396 g/mol. The number of benzene rings is 1. The molecule has 10 heteroatoms. The monoisotopic (exact) mass is 396 g/mol. The minimum absolute atomic E-state index is 0.0668. The van der Waals surface area contributed by atoms with Gasteiger partial charge in [0.2, 0.25) is 11.1 Å². The second kappa shape index (κ2) is 7.34. The van der Waals surface area contributed by atoms with Gasteiger partial charge in [-0.1, -0.05) is 37.4 Å². The van der Waals surface area contributed by atoms with Crippen LogP contribution in [0.4, 0.5) is 14.5 Å². The van der Waals surface area contributed by atoms with Crippen LogP contribution in [0.2, 0.25) is 0 Å². The van der Waals surface area contributed by atoms with Gasteiger partial charge >= 0.3 is 6.29 Å². The highest BCUT2D eigenvalue weighted by atomic mass is 32.2. The van der Waals surface area contributed by atoms with Crippen molar-refractivity contribution in [1.29, 1.82) is 0 Å². The summed E-state index contributed by atoms with van der Waals surface area (Å²) < 4.78 is 34.7. The van der Waals surface area contributed by atoms with Gasteiger partial charge in [0, 0.05) is 18.2 Å². The summed E-state index contributed by atoms with van der Waals surface area (Å²) in [5.41, 5.74) is 0.345. The van der Waals surface area contributed by atoms with Crippen LogP contribution in [-0.2, 0) is 11.2 Å². The molecule has 0 spiro atoms. The van der Waals surface area contributed by atoms with Gasteiger partial charge in [0.1, 0.15) is 5.82 Å². The number of alkyl halides is 2. The van der Waals surface area contributed by atoms with Crippen LogP contribution in [-0.4, -0.2) is 33.1 Å². The number of ether oxygens (including phenoxy) is 2. The number of fused-ring (bicyclic) bond motifs is 1. The fourth-order valence-electron chi connectivity index (χ4n) is 3.28. The van der Waals surface area contributed by atoms with Crippen LogP contribution in [0.5, 0.6) is 11.5 Å². The average Bonchev–Trinajstić information content (AvgIpc) is 3.32. The maximum Gasteiger partial charge on any atom is 0.586 e. The van der Waals surface area contributed by atoms with E-state index in [9.17, 15) is 13.6 Å². The van der Waals surface area contributed by atoms with Crippen LogP contribution in [0.25, 0.3) is 0 Å². The fraction of sp³-hybridized carbons (Fsp3) is 0.471. The van der Waals surface area contributed by atoms with Crippen molar-refractivity contribution >= 4 is 23.4 Å². The van der Waals surface area contributed by atoms with Gasteiger partial charge in [0.15, 0.2) is 11.5 Å². The Balaban J connectivity index is 1.27. The lowest BCUT2D eigenvalue weighted by atomic mass is 10.0. The van der Waals surface area contributed by atoms with E-state index in [2.05, 4.69) is 30.0 Å². The summed E-state index contributed by atoms with van der Waals surface area (Å²) >= 11 is 1.21. The first-order valence-electron chi connectivity index (χ1n) is 8.71. The van der Waals surface area contributed by atoms with Crippen molar-refractivity contribution < 1.29 is 23.0 Å². The third kappa shape index (κ3) is 4.49. The van der Waals surface area contributed by atoms with Gasteiger partial charge in [0.05, 0.1) is 5.75 Å². The predicted octanol–water partition coefficient (Wildman–Crippen LogP) is 3.59. The molecule has 27 heavy (non-hydrogen) atoms. The Kier molecular flexibility index (Phi) is 4.90. The van der Waals surface area contributed by atoms with Gasteiger partial charge in [0.25, 0.3) is 0 Å². The van der Waals surface area contributed by atoms with Crippen molar-refractivity contribution in [3.8, 4) is 11.5 Å². The Morgan fingerprint density at radius 3 is 2.89 bits per heavy atom. The van der Waals surface area contributed by atoms with Crippen molar-refractivity contribution in [1.82, 2.24) is 15.2 Å². The lowest BCUT2D eigenvalue weighted by molar-refractivity contribution is -0.286. The molecule has 7 nitrogen and oxygen atoms in total. The van der Waals surface area contributed by atoms with Gasteiger partial charge in [-0.15, -0.1) is 13.9 Å². The molecule has 2 N–H and O–H groups in total. The second-order valence-corrected chi connectivity index (χ2v) is 7.53. The molecule has 0 atom stereocenters. The number of thioether (sulfide) groups is 1. The van der Waals surface area contributed by atoms with E-state index in [1.54, 1.807) is 0 Å². The number of H-pyrrole nitrogens is 1. The molecule has 1 aromatic carbocycles. The Labute approximate surface area is 158 Å². The van der Waals surface area contributed by atoms with Crippen molar-refractivity contribution in [2.24, 2.45) is 5.92 Å². The number of amides is 1.